The van der Waals surface area contributed by atoms with E-state index in [1.165, 1.54) is 12.1 Å². The minimum absolute atomic E-state index is 0.135. The Hall–Kier alpha value is -2.16. The largest absolute Gasteiger partial charge is 0.480 e. The van der Waals surface area contributed by atoms with Gasteiger partial charge in [-0.1, -0.05) is 15.9 Å². The van der Waals surface area contributed by atoms with Gasteiger partial charge in [0.2, 0.25) is 0 Å². The molecule has 0 aliphatic heterocycles. The van der Waals surface area contributed by atoms with Crippen molar-refractivity contribution in [2.24, 2.45) is 0 Å². The molecule has 0 radical (unpaired) electrons. The number of carboxylic acid groups (broad SMARTS) is 1. The van der Waals surface area contributed by atoms with Crippen molar-refractivity contribution >= 4 is 39.6 Å². The molecule has 2 amide bonds. The highest BCUT2D eigenvalue weighted by atomic mass is 79.9. The van der Waals surface area contributed by atoms with Crippen LogP contribution in [0.15, 0.2) is 22.7 Å². The fourth-order valence-corrected chi connectivity index (χ4v) is 1.72. The summed E-state index contributed by atoms with van der Waals surface area (Å²) in [7, 11) is 1.10. The van der Waals surface area contributed by atoms with Crippen LogP contribution in [0.3, 0.4) is 0 Å². The second-order valence-corrected chi connectivity index (χ2v) is 4.81. The molecule has 7 nitrogen and oxygen atoms in total. The van der Waals surface area contributed by atoms with E-state index in [-0.39, 0.29) is 5.69 Å². The minimum atomic E-state index is -1.48. The molecule has 9 heteroatoms. The fourth-order valence-electron chi connectivity index (χ4n) is 1.36. The Kier molecular flexibility index (Phi) is 6.10. The number of methoxy groups -OCH3 is 1. The number of aliphatic carboxylic acids is 1. The summed E-state index contributed by atoms with van der Waals surface area (Å²) >= 11 is 3.11. The normalized spacial score (nSPS) is 11.4. The van der Waals surface area contributed by atoms with E-state index in [0.29, 0.717) is 4.47 Å². The molecule has 0 heterocycles. The molecule has 1 aromatic rings. The van der Waals surface area contributed by atoms with Gasteiger partial charge in [0.15, 0.2) is 0 Å². The van der Waals surface area contributed by atoms with Crippen molar-refractivity contribution in [2.45, 2.75) is 12.5 Å². The third-order valence-electron chi connectivity index (χ3n) is 2.38. The second-order valence-electron chi connectivity index (χ2n) is 3.89. The Morgan fingerprint density at radius 3 is 2.67 bits per heavy atom. The topological polar surface area (TPSA) is 105 Å². The maximum absolute atomic E-state index is 13.4. The molecule has 0 aliphatic carbocycles. The summed E-state index contributed by atoms with van der Waals surface area (Å²) in [6, 6.07) is 1.44. The molecule has 0 fully saturated rings. The molecular formula is C12H12BrFN2O5. The first kappa shape index (κ1) is 16.9. The van der Waals surface area contributed by atoms with Crippen LogP contribution >= 0.6 is 15.9 Å². The van der Waals surface area contributed by atoms with Crippen molar-refractivity contribution in [3.63, 3.8) is 0 Å². The Morgan fingerprint density at radius 1 is 1.43 bits per heavy atom. The molecular weight excluding hydrogens is 351 g/mol. The number of carboxylic acids is 1. The molecule has 0 saturated carbocycles. The lowest BCUT2D eigenvalue weighted by Gasteiger charge is -2.14. The van der Waals surface area contributed by atoms with E-state index in [0.717, 1.165) is 13.2 Å². The summed E-state index contributed by atoms with van der Waals surface area (Å²) in [6.07, 6.45) is -0.541. The van der Waals surface area contributed by atoms with Gasteiger partial charge in [-0.15, -0.1) is 0 Å². The molecule has 0 saturated heterocycles. The molecule has 0 unspecified atom stereocenters. The minimum Gasteiger partial charge on any atom is -0.480 e. The molecule has 0 aromatic heterocycles. The highest BCUT2D eigenvalue weighted by Gasteiger charge is 2.24. The van der Waals surface area contributed by atoms with Gasteiger partial charge in [0, 0.05) is 4.47 Å². The van der Waals surface area contributed by atoms with E-state index >= 15 is 0 Å². The second kappa shape index (κ2) is 7.58. The number of nitrogens with one attached hydrogen (secondary N) is 2. The standard InChI is InChI=1S/C12H12BrFN2O5/c1-21-10(17)5-9(11(18)19)16-12(20)15-8-4-6(13)2-3-7(8)14/h2-4,9H,5H2,1H3,(H,18,19)(H2,15,16,20)/t9-/m0/s1. The summed E-state index contributed by atoms with van der Waals surface area (Å²) in [5.74, 6) is -2.89. The quantitative estimate of drug-likeness (QED) is 0.691. The third kappa shape index (κ3) is 5.38. The number of benzene rings is 1. The smallest absolute Gasteiger partial charge is 0.326 e. The number of hydrogen-bond donors (Lipinski definition) is 3. The van der Waals surface area contributed by atoms with Crippen LogP contribution in [0, 0.1) is 5.82 Å². The lowest BCUT2D eigenvalue weighted by molar-refractivity contribution is -0.147. The average molecular weight is 363 g/mol. The zero-order valence-electron chi connectivity index (χ0n) is 10.9. The van der Waals surface area contributed by atoms with Gasteiger partial charge in [-0.25, -0.2) is 14.0 Å². The Labute approximate surface area is 127 Å². The highest BCUT2D eigenvalue weighted by Crippen LogP contribution is 2.19. The Morgan fingerprint density at radius 2 is 2.10 bits per heavy atom. The van der Waals surface area contributed by atoms with Crippen LogP contribution in [0.2, 0.25) is 0 Å². The van der Waals surface area contributed by atoms with Crippen LogP contribution in [-0.2, 0) is 14.3 Å². The van der Waals surface area contributed by atoms with Crippen LogP contribution in [0.25, 0.3) is 0 Å². The lowest BCUT2D eigenvalue weighted by Crippen LogP contribution is -2.44. The molecule has 1 atom stereocenters. The van der Waals surface area contributed by atoms with Crippen LogP contribution in [0.5, 0.6) is 0 Å². The zero-order valence-corrected chi connectivity index (χ0v) is 12.4. The van der Waals surface area contributed by atoms with Gasteiger partial charge in [-0.05, 0) is 18.2 Å². The van der Waals surface area contributed by atoms with E-state index in [2.05, 4.69) is 26.0 Å². The number of carbonyl (C=O) groups is 3. The Bertz CT molecular complexity index is 567. The van der Waals surface area contributed by atoms with Crippen LogP contribution in [-0.4, -0.2) is 36.2 Å². The monoisotopic (exact) mass is 362 g/mol. The maximum Gasteiger partial charge on any atom is 0.326 e. The first-order valence-corrected chi connectivity index (χ1v) is 6.45. The number of halogens is 2. The number of carbonyl (C=O) groups excluding carboxylic acids is 2. The third-order valence-corrected chi connectivity index (χ3v) is 2.87. The summed E-state index contributed by atoms with van der Waals surface area (Å²) in [5.41, 5.74) is -0.135. The van der Waals surface area contributed by atoms with Crippen molar-refractivity contribution in [1.82, 2.24) is 5.32 Å². The molecule has 0 spiro atoms. The summed E-state index contributed by atoms with van der Waals surface area (Å²) in [5, 5.41) is 13.1. The van der Waals surface area contributed by atoms with Crippen molar-refractivity contribution in [3.05, 3.63) is 28.5 Å². The number of amides is 2. The van der Waals surface area contributed by atoms with E-state index in [9.17, 15) is 18.8 Å². The zero-order chi connectivity index (χ0) is 16.0. The van der Waals surface area contributed by atoms with E-state index in [4.69, 9.17) is 5.11 Å². The van der Waals surface area contributed by atoms with Gasteiger partial charge in [0.05, 0.1) is 19.2 Å². The predicted molar refractivity (Wildman–Crippen MR) is 74.3 cm³/mol. The molecule has 114 valence electrons. The number of hydrogen-bond acceptors (Lipinski definition) is 4. The average Bonchev–Trinajstić information content (AvgIpc) is 2.41. The number of urea groups is 1. The number of rotatable bonds is 5. The van der Waals surface area contributed by atoms with E-state index in [1.807, 2.05) is 5.32 Å². The van der Waals surface area contributed by atoms with Gasteiger partial charge < -0.3 is 20.5 Å². The SMILES string of the molecule is COC(=O)C[C@H](NC(=O)Nc1cc(Br)ccc1F)C(=O)O. The van der Waals surface area contributed by atoms with Gasteiger partial charge in [0.25, 0.3) is 0 Å². The first-order chi connectivity index (χ1) is 9.83. The van der Waals surface area contributed by atoms with E-state index < -0.39 is 36.2 Å². The van der Waals surface area contributed by atoms with Gasteiger partial charge in [-0.3, -0.25) is 4.79 Å². The molecule has 21 heavy (non-hydrogen) atoms. The van der Waals surface area contributed by atoms with Crippen molar-refractivity contribution in [2.75, 3.05) is 12.4 Å². The molecule has 0 bridgehead atoms. The number of esters is 1. The summed E-state index contributed by atoms with van der Waals surface area (Å²) in [6.45, 7) is 0. The van der Waals surface area contributed by atoms with Crippen molar-refractivity contribution in [1.29, 1.82) is 0 Å². The molecule has 3 N–H and O–H groups in total. The van der Waals surface area contributed by atoms with Crippen molar-refractivity contribution in [3.8, 4) is 0 Å². The molecule has 1 aromatic carbocycles. The van der Waals surface area contributed by atoms with Crippen LogP contribution in [0.4, 0.5) is 14.9 Å². The first-order valence-electron chi connectivity index (χ1n) is 5.65. The predicted octanol–water partition coefficient (Wildman–Crippen LogP) is 1.73. The lowest BCUT2D eigenvalue weighted by atomic mass is 10.2. The van der Waals surface area contributed by atoms with Gasteiger partial charge in [0.1, 0.15) is 11.9 Å². The van der Waals surface area contributed by atoms with Crippen molar-refractivity contribution < 1.29 is 28.6 Å². The summed E-state index contributed by atoms with van der Waals surface area (Å²) in [4.78, 5) is 33.6. The van der Waals surface area contributed by atoms with Gasteiger partial charge >= 0.3 is 18.0 Å². The Balaban J connectivity index is 2.72. The highest BCUT2D eigenvalue weighted by molar-refractivity contribution is 9.10. The fraction of sp³-hybridized carbons (Fsp3) is 0.250. The van der Waals surface area contributed by atoms with Crippen LogP contribution in [0.1, 0.15) is 6.42 Å². The number of anilines is 1. The molecule has 1 rings (SSSR count). The van der Waals surface area contributed by atoms with Gasteiger partial charge in [-0.2, -0.15) is 0 Å². The van der Waals surface area contributed by atoms with E-state index in [1.54, 1.807) is 0 Å². The maximum atomic E-state index is 13.4. The van der Waals surface area contributed by atoms with Crippen LogP contribution < -0.4 is 10.6 Å². The summed E-state index contributed by atoms with van der Waals surface area (Å²) < 4.78 is 18.3. The molecule has 0 aliphatic rings. The number of ether oxygens (including phenoxy) is 1.